The van der Waals surface area contributed by atoms with Crippen molar-refractivity contribution in [1.82, 2.24) is 4.98 Å². The van der Waals surface area contributed by atoms with Crippen LogP contribution in [0, 0.1) is 11.6 Å². The van der Waals surface area contributed by atoms with E-state index in [1.54, 1.807) is 6.07 Å². The van der Waals surface area contributed by atoms with Gasteiger partial charge >= 0.3 is 0 Å². The van der Waals surface area contributed by atoms with Crippen molar-refractivity contribution in [3.05, 3.63) is 95.2 Å². The molecule has 0 aliphatic rings. The number of nitrogens with zero attached hydrogens (tertiary/aromatic N) is 2. The average Bonchev–Trinajstić information content (AvgIpc) is 2.73. The van der Waals surface area contributed by atoms with Crippen LogP contribution >= 0.6 is 0 Å². The summed E-state index contributed by atoms with van der Waals surface area (Å²) in [6, 6.07) is 16.1. The van der Waals surface area contributed by atoms with Gasteiger partial charge in [-0.05, 0) is 36.2 Å². The van der Waals surface area contributed by atoms with Crippen molar-refractivity contribution >= 4 is 17.4 Å². The predicted octanol–water partition coefficient (Wildman–Crippen LogP) is 4.94. The molecule has 3 rings (SSSR count). The van der Waals surface area contributed by atoms with E-state index in [0.717, 1.165) is 23.3 Å². The number of nitrogens with one attached hydrogen (secondary N) is 1. The highest BCUT2D eigenvalue weighted by Gasteiger charge is 2.17. The van der Waals surface area contributed by atoms with E-state index in [0.29, 0.717) is 18.7 Å². The zero-order valence-corrected chi connectivity index (χ0v) is 15.7. The highest BCUT2D eigenvalue weighted by molar-refractivity contribution is 6.04. The van der Waals surface area contributed by atoms with Gasteiger partial charge in [-0.1, -0.05) is 48.5 Å². The van der Waals surface area contributed by atoms with E-state index >= 15 is 0 Å². The van der Waals surface area contributed by atoms with Crippen molar-refractivity contribution in [2.24, 2.45) is 5.16 Å². The number of anilines is 1. The first-order chi connectivity index (χ1) is 14.1. The van der Waals surface area contributed by atoms with Crippen LogP contribution in [0.1, 0.15) is 34.8 Å². The molecule has 0 unspecified atom stereocenters. The van der Waals surface area contributed by atoms with Crippen molar-refractivity contribution < 1.29 is 18.4 Å². The van der Waals surface area contributed by atoms with Gasteiger partial charge in [0.05, 0.1) is 5.71 Å². The molecule has 29 heavy (non-hydrogen) atoms. The predicted molar refractivity (Wildman–Crippen MR) is 107 cm³/mol. The average molecular weight is 395 g/mol. The molecule has 1 amide bonds. The normalized spacial score (nSPS) is 11.2. The number of carbonyl (C=O) groups excluding carboxylic acids is 1. The lowest BCUT2D eigenvalue weighted by molar-refractivity contribution is 0.101. The van der Waals surface area contributed by atoms with Crippen LogP contribution in [0.4, 0.5) is 14.6 Å². The number of halogens is 2. The van der Waals surface area contributed by atoms with Crippen LogP contribution in [-0.2, 0) is 11.4 Å². The summed E-state index contributed by atoms with van der Waals surface area (Å²) in [5, 5.41) is 6.55. The first kappa shape index (κ1) is 20.1. The Balaban J connectivity index is 1.66. The molecule has 0 atom stereocenters. The van der Waals surface area contributed by atoms with Crippen molar-refractivity contribution in [3.8, 4) is 0 Å². The Morgan fingerprint density at radius 2 is 1.76 bits per heavy atom. The minimum atomic E-state index is -0.935. The minimum Gasteiger partial charge on any atom is -0.391 e. The largest absolute Gasteiger partial charge is 0.391 e. The molecule has 0 saturated carbocycles. The number of rotatable bonds is 7. The number of hydrogen-bond acceptors (Lipinski definition) is 4. The molecular formula is C22H19F2N3O2. The Kier molecular flexibility index (Phi) is 6.63. The van der Waals surface area contributed by atoms with Gasteiger partial charge in [-0.15, -0.1) is 0 Å². The second-order valence-corrected chi connectivity index (χ2v) is 6.13. The van der Waals surface area contributed by atoms with Crippen LogP contribution in [0.25, 0.3) is 0 Å². The van der Waals surface area contributed by atoms with Crippen molar-refractivity contribution in [3.63, 3.8) is 0 Å². The van der Waals surface area contributed by atoms with E-state index in [-0.39, 0.29) is 5.82 Å². The molecule has 7 heteroatoms. The standard InChI is InChI=1S/C22H19F2N3O2/c1-2-19(27-29-14-15-7-4-3-5-8-15)16-11-12-20(25-13-16)26-22(28)21-17(23)9-6-10-18(21)24/h3-13H,2,14H2,1H3,(H,25,26,28)/b27-19-. The highest BCUT2D eigenvalue weighted by Crippen LogP contribution is 2.15. The number of pyridine rings is 1. The molecule has 1 aromatic heterocycles. The fourth-order valence-corrected chi connectivity index (χ4v) is 2.61. The van der Waals surface area contributed by atoms with Crippen LogP contribution in [0.15, 0.2) is 72.0 Å². The van der Waals surface area contributed by atoms with Gasteiger partial charge in [0.1, 0.15) is 29.6 Å². The fraction of sp³-hybridized carbons (Fsp3) is 0.136. The highest BCUT2D eigenvalue weighted by atomic mass is 19.1. The monoisotopic (exact) mass is 395 g/mol. The maximum atomic E-state index is 13.7. The van der Waals surface area contributed by atoms with Gasteiger partial charge < -0.3 is 10.2 Å². The third kappa shape index (κ3) is 5.22. The Bertz CT molecular complexity index is 986. The van der Waals surface area contributed by atoms with E-state index < -0.39 is 23.1 Å². The summed E-state index contributed by atoms with van der Waals surface area (Å²) in [7, 11) is 0. The Morgan fingerprint density at radius 1 is 1.03 bits per heavy atom. The molecule has 1 heterocycles. The molecule has 5 nitrogen and oxygen atoms in total. The van der Waals surface area contributed by atoms with E-state index in [4.69, 9.17) is 4.84 Å². The second-order valence-electron chi connectivity index (χ2n) is 6.13. The summed E-state index contributed by atoms with van der Waals surface area (Å²) in [4.78, 5) is 21.7. The van der Waals surface area contributed by atoms with Gasteiger partial charge in [0.2, 0.25) is 0 Å². The van der Waals surface area contributed by atoms with E-state index in [1.807, 2.05) is 37.3 Å². The lowest BCUT2D eigenvalue weighted by Crippen LogP contribution is -2.16. The van der Waals surface area contributed by atoms with Gasteiger partial charge in [0.15, 0.2) is 0 Å². The molecule has 0 radical (unpaired) electrons. The van der Waals surface area contributed by atoms with Gasteiger partial charge in [-0.3, -0.25) is 4.79 Å². The quantitative estimate of drug-likeness (QED) is 0.455. The second kappa shape index (κ2) is 9.54. The number of carbonyl (C=O) groups is 1. The molecular weight excluding hydrogens is 376 g/mol. The third-order valence-electron chi connectivity index (χ3n) is 4.11. The Hall–Kier alpha value is -3.61. The molecule has 148 valence electrons. The van der Waals surface area contributed by atoms with Gasteiger partial charge in [-0.25, -0.2) is 13.8 Å². The lowest BCUT2D eigenvalue weighted by Gasteiger charge is -2.08. The van der Waals surface area contributed by atoms with E-state index in [1.165, 1.54) is 18.3 Å². The van der Waals surface area contributed by atoms with Gasteiger partial charge in [-0.2, -0.15) is 0 Å². The molecule has 0 saturated heterocycles. The summed E-state index contributed by atoms with van der Waals surface area (Å²) in [6.45, 7) is 2.28. The summed E-state index contributed by atoms with van der Waals surface area (Å²) in [5.41, 5.74) is 1.76. The van der Waals surface area contributed by atoms with E-state index in [9.17, 15) is 13.6 Å². The Labute approximate surface area is 167 Å². The van der Waals surface area contributed by atoms with Gasteiger partial charge in [0, 0.05) is 11.8 Å². The number of amides is 1. The fourth-order valence-electron chi connectivity index (χ4n) is 2.61. The minimum absolute atomic E-state index is 0.169. The molecule has 0 aliphatic carbocycles. The third-order valence-corrected chi connectivity index (χ3v) is 4.11. The van der Waals surface area contributed by atoms with E-state index in [2.05, 4.69) is 15.5 Å². The number of benzene rings is 2. The van der Waals surface area contributed by atoms with Crippen LogP contribution in [-0.4, -0.2) is 16.6 Å². The SMILES string of the molecule is CC/C(=N/OCc1ccccc1)c1ccc(NC(=O)c2c(F)cccc2F)nc1. The summed E-state index contributed by atoms with van der Waals surface area (Å²) in [6.07, 6.45) is 2.13. The maximum Gasteiger partial charge on any atom is 0.262 e. The molecule has 0 spiro atoms. The molecule has 0 aliphatic heterocycles. The molecule has 3 aromatic rings. The number of aromatic nitrogens is 1. The smallest absolute Gasteiger partial charge is 0.262 e. The topological polar surface area (TPSA) is 63.6 Å². The molecule has 2 aromatic carbocycles. The number of hydrogen-bond donors (Lipinski definition) is 1. The summed E-state index contributed by atoms with van der Waals surface area (Å²) in [5.74, 6) is -2.61. The van der Waals surface area contributed by atoms with Crippen LogP contribution < -0.4 is 5.32 Å². The Morgan fingerprint density at radius 3 is 2.38 bits per heavy atom. The van der Waals surface area contributed by atoms with Crippen molar-refractivity contribution in [2.75, 3.05) is 5.32 Å². The lowest BCUT2D eigenvalue weighted by atomic mass is 10.1. The summed E-state index contributed by atoms with van der Waals surface area (Å²) < 4.78 is 27.4. The zero-order chi connectivity index (χ0) is 20.6. The van der Waals surface area contributed by atoms with Crippen LogP contribution in [0.5, 0.6) is 0 Å². The first-order valence-corrected chi connectivity index (χ1v) is 9.03. The van der Waals surface area contributed by atoms with Crippen LogP contribution in [0.3, 0.4) is 0 Å². The maximum absolute atomic E-state index is 13.7. The van der Waals surface area contributed by atoms with Crippen molar-refractivity contribution in [1.29, 1.82) is 0 Å². The summed E-state index contributed by atoms with van der Waals surface area (Å²) >= 11 is 0. The molecule has 0 fully saturated rings. The molecule has 1 N–H and O–H groups in total. The van der Waals surface area contributed by atoms with Gasteiger partial charge in [0.25, 0.3) is 5.91 Å². The van der Waals surface area contributed by atoms with Crippen LogP contribution in [0.2, 0.25) is 0 Å². The van der Waals surface area contributed by atoms with Crippen molar-refractivity contribution in [2.45, 2.75) is 20.0 Å². The number of oxime groups is 1. The molecule has 0 bridgehead atoms. The first-order valence-electron chi connectivity index (χ1n) is 9.03. The zero-order valence-electron chi connectivity index (χ0n) is 15.7.